The Hall–Kier alpha value is -1.94. The number of rotatable bonds is 3. The number of hydrogen-bond donors (Lipinski definition) is 3. The van der Waals surface area contributed by atoms with Crippen molar-refractivity contribution in [1.29, 1.82) is 0 Å². The Balaban J connectivity index is 1.90. The average Bonchev–Trinajstić information content (AvgIpc) is 2.88. The second-order valence-corrected chi connectivity index (χ2v) is 5.79. The van der Waals surface area contributed by atoms with Crippen LogP contribution < -0.4 is 10.3 Å². The summed E-state index contributed by atoms with van der Waals surface area (Å²) in [5.74, 6) is -1.52. The quantitative estimate of drug-likeness (QED) is 0.655. The van der Waals surface area contributed by atoms with Crippen LogP contribution >= 0.6 is 22.6 Å². The molecule has 21 heavy (non-hydrogen) atoms. The maximum atomic E-state index is 13.9. The van der Waals surface area contributed by atoms with Gasteiger partial charge in [0, 0.05) is 3.57 Å². The van der Waals surface area contributed by atoms with Crippen LogP contribution in [0.5, 0.6) is 0 Å². The molecule has 8 heteroatoms. The molecule has 0 spiro atoms. The van der Waals surface area contributed by atoms with E-state index in [4.69, 9.17) is 0 Å². The highest BCUT2D eigenvalue weighted by Gasteiger charge is 2.32. The number of quaternary nitrogens is 1. The van der Waals surface area contributed by atoms with Gasteiger partial charge in [0.25, 0.3) is 0 Å². The minimum absolute atomic E-state index is 0.0495. The number of anilines is 1. The number of aliphatic imine (C=N–C) groups is 1. The van der Waals surface area contributed by atoms with Crippen LogP contribution in [0.25, 0.3) is 0 Å². The van der Waals surface area contributed by atoms with E-state index in [0.717, 1.165) is 14.2 Å². The fourth-order valence-corrected chi connectivity index (χ4v) is 2.56. The lowest BCUT2D eigenvalue weighted by molar-refractivity contribution is -0.694. The van der Waals surface area contributed by atoms with Gasteiger partial charge in [-0.1, -0.05) is 0 Å². The highest BCUT2D eigenvalue weighted by Crippen LogP contribution is 2.20. The third kappa shape index (κ3) is 2.76. The zero-order valence-electron chi connectivity index (χ0n) is 10.7. The Kier molecular flexibility index (Phi) is 3.64. The fourth-order valence-electron chi connectivity index (χ4n) is 2.11. The Labute approximate surface area is 133 Å². The smallest absolute Gasteiger partial charge is 0.359 e. The first-order valence-corrected chi connectivity index (χ1v) is 7.16. The van der Waals surface area contributed by atoms with Gasteiger partial charge < -0.3 is 5.11 Å². The third-order valence-electron chi connectivity index (χ3n) is 3.13. The Morgan fingerprint density at radius 2 is 2.33 bits per heavy atom. The molecule has 1 aromatic carbocycles. The number of halogens is 2. The van der Waals surface area contributed by atoms with Gasteiger partial charge in [0.05, 0.1) is 11.9 Å². The molecule has 108 valence electrons. The maximum Gasteiger partial charge on any atom is 0.359 e. The van der Waals surface area contributed by atoms with E-state index in [9.17, 15) is 14.3 Å². The molecule has 6 nitrogen and oxygen atoms in total. The average molecular weight is 401 g/mol. The molecule has 1 unspecified atom stereocenters. The van der Waals surface area contributed by atoms with Crippen molar-refractivity contribution in [3.8, 4) is 0 Å². The van der Waals surface area contributed by atoms with E-state index >= 15 is 0 Å². The van der Waals surface area contributed by atoms with Crippen LogP contribution in [-0.4, -0.2) is 29.0 Å². The fraction of sp³-hybridized carbons (Fsp3) is 0.0769. The lowest BCUT2D eigenvalue weighted by Gasteiger charge is -2.30. The molecule has 0 aromatic heterocycles. The van der Waals surface area contributed by atoms with Gasteiger partial charge in [0.1, 0.15) is 18.6 Å². The SMILES string of the molecule is O=C(O)C1=C[NH+]2C=NC=C2CN1Nc1ccc(I)cc1F. The summed E-state index contributed by atoms with van der Waals surface area (Å²) in [5, 5.41) is 10.7. The number of fused-ring (bicyclic) bond motifs is 1. The molecule has 0 bridgehead atoms. The lowest BCUT2D eigenvalue weighted by Crippen LogP contribution is -3.05. The predicted octanol–water partition coefficient (Wildman–Crippen LogP) is 0.767. The van der Waals surface area contributed by atoms with Crippen LogP contribution in [0.3, 0.4) is 0 Å². The van der Waals surface area contributed by atoms with Crippen molar-refractivity contribution in [2.45, 2.75) is 0 Å². The number of carboxylic acids is 1. The van der Waals surface area contributed by atoms with Crippen molar-refractivity contribution in [3.63, 3.8) is 0 Å². The third-order valence-corrected chi connectivity index (χ3v) is 3.80. The number of carboxylic acid groups (broad SMARTS) is 1. The van der Waals surface area contributed by atoms with Gasteiger partial charge >= 0.3 is 5.97 Å². The molecule has 0 fully saturated rings. The molecule has 2 aliphatic rings. The summed E-state index contributed by atoms with van der Waals surface area (Å²) in [6.45, 7) is 0.304. The summed E-state index contributed by atoms with van der Waals surface area (Å²) < 4.78 is 14.7. The van der Waals surface area contributed by atoms with E-state index in [1.54, 1.807) is 24.7 Å². The lowest BCUT2D eigenvalue weighted by atomic mass is 10.3. The molecule has 3 rings (SSSR count). The Morgan fingerprint density at radius 3 is 3.05 bits per heavy atom. The van der Waals surface area contributed by atoms with E-state index in [2.05, 4.69) is 10.4 Å². The molecule has 0 amide bonds. The summed E-state index contributed by atoms with van der Waals surface area (Å²) in [6, 6.07) is 4.71. The predicted molar refractivity (Wildman–Crippen MR) is 82.7 cm³/mol. The van der Waals surface area contributed by atoms with E-state index < -0.39 is 11.8 Å². The zero-order valence-corrected chi connectivity index (χ0v) is 12.8. The van der Waals surface area contributed by atoms with Crippen molar-refractivity contribution >= 4 is 40.6 Å². The monoisotopic (exact) mass is 401 g/mol. The standard InChI is InChI=1S/C13H10FIN4O2/c14-10-3-8(15)1-2-11(10)17-19-5-9-4-16-7-18(9)6-12(19)13(20)21/h1-4,6-7,17H,5H2,(H,20,21)/p+1. The first-order chi connectivity index (χ1) is 10.0. The van der Waals surface area contributed by atoms with Crippen molar-refractivity contribution in [2.75, 3.05) is 12.0 Å². The minimum Gasteiger partial charge on any atom is -0.476 e. The molecule has 0 radical (unpaired) electrons. The Bertz CT molecular complexity index is 701. The van der Waals surface area contributed by atoms with Crippen molar-refractivity contribution in [1.82, 2.24) is 5.01 Å². The maximum absolute atomic E-state index is 13.9. The van der Waals surface area contributed by atoms with E-state index in [1.807, 2.05) is 22.6 Å². The second kappa shape index (κ2) is 5.45. The number of nitrogens with zero attached hydrogens (tertiary/aromatic N) is 2. The van der Waals surface area contributed by atoms with E-state index in [-0.39, 0.29) is 11.4 Å². The number of benzene rings is 1. The van der Waals surface area contributed by atoms with Gasteiger partial charge in [-0.3, -0.25) is 10.4 Å². The van der Waals surface area contributed by atoms with Crippen LogP contribution in [0.4, 0.5) is 10.1 Å². The summed E-state index contributed by atoms with van der Waals surface area (Å²) in [6.07, 6.45) is 4.80. The highest BCUT2D eigenvalue weighted by molar-refractivity contribution is 14.1. The second-order valence-electron chi connectivity index (χ2n) is 4.54. The molecular formula is C13H11FIN4O2+. The number of nitrogens with one attached hydrogen (secondary N) is 2. The van der Waals surface area contributed by atoms with Gasteiger partial charge in [-0.15, -0.1) is 0 Å². The van der Waals surface area contributed by atoms with E-state index in [0.29, 0.717) is 6.54 Å². The highest BCUT2D eigenvalue weighted by atomic mass is 127. The van der Waals surface area contributed by atoms with Crippen molar-refractivity contribution in [2.24, 2.45) is 4.99 Å². The Morgan fingerprint density at radius 1 is 1.52 bits per heavy atom. The van der Waals surface area contributed by atoms with Gasteiger partial charge in [-0.2, -0.15) is 0 Å². The van der Waals surface area contributed by atoms with Crippen molar-refractivity contribution < 1.29 is 19.2 Å². The van der Waals surface area contributed by atoms with Crippen LogP contribution in [0.2, 0.25) is 0 Å². The number of aliphatic carboxylic acids is 1. The topological polar surface area (TPSA) is 69.4 Å². The van der Waals surface area contributed by atoms with Crippen LogP contribution in [-0.2, 0) is 4.79 Å². The number of hydrazine groups is 1. The molecule has 2 heterocycles. The molecule has 3 N–H and O–H groups in total. The van der Waals surface area contributed by atoms with Gasteiger partial charge in [-0.25, -0.2) is 19.1 Å². The summed E-state index contributed by atoms with van der Waals surface area (Å²) in [7, 11) is 0. The molecule has 0 aliphatic carbocycles. The normalized spacial score (nSPS) is 19.9. The zero-order chi connectivity index (χ0) is 15.0. The van der Waals surface area contributed by atoms with Gasteiger partial charge in [0.15, 0.2) is 17.7 Å². The number of hydrogen-bond acceptors (Lipinski definition) is 4. The van der Waals surface area contributed by atoms with Gasteiger partial charge in [-0.05, 0) is 40.8 Å². The minimum atomic E-state index is -1.08. The molecule has 1 aromatic rings. The summed E-state index contributed by atoms with van der Waals surface area (Å²) in [5.41, 5.74) is 3.98. The molecule has 1 atom stereocenters. The van der Waals surface area contributed by atoms with E-state index in [1.165, 1.54) is 17.3 Å². The number of carbonyl (C=O) groups is 1. The molecule has 2 aliphatic heterocycles. The van der Waals surface area contributed by atoms with Crippen molar-refractivity contribution in [3.05, 3.63) is 51.4 Å². The largest absolute Gasteiger partial charge is 0.476 e. The first-order valence-electron chi connectivity index (χ1n) is 6.08. The van der Waals surface area contributed by atoms with Crippen LogP contribution in [0.15, 0.2) is 47.0 Å². The first kappa shape index (κ1) is 14.0. The summed E-state index contributed by atoms with van der Waals surface area (Å²) >= 11 is 2.01. The molecule has 0 saturated carbocycles. The van der Waals surface area contributed by atoms with Crippen LogP contribution in [0, 0.1) is 9.39 Å². The molecular weight excluding hydrogens is 390 g/mol. The van der Waals surface area contributed by atoms with Crippen LogP contribution in [0.1, 0.15) is 0 Å². The summed E-state index contributed by atoms with van der Waals surface area (Å²) in [4.78, 5) is 16.1. The van der Waals surface area contributed by atoms with Gasteiger partial charge in [0.2, 0.25) is 0 Å². The molecule has 0 saturated heterocycles.